The van der Waals surface area contributed by atoms with Gasteiger partial charge < -0.3 is 21.5 Å². The number of benzene rings is 1. The Hall–Kier alpha value is -1.59. The minimum atomic E-state index is -0.923. The van der Waals surface area contributed by atoms with E-state index in [1.165, 1.54) is 0 Å². The van der Waals surface area contributed by atoms with Crippen LogP contribution in [0.1, 0.15) is 12.5 Å². The Morgan fingerprint density at radius 1 is 1.35 bits per heavy atom. The Balaban J connectivity index is 2.33. The fraction of sp³-hybridized carbons (Fsp3) is 0.417. The molecule has 17 heavy (non-hydrogen) atoms. The van der Waals surface area contributed by atoms with Crippen molar-refractivity contribution < 1.29 is 9.90 Å². The highest BCUT2D eigenvalue weighted by atomic mass is 16.3. The van der Waals surface area contributed by atoms with Gasteiger partial charge in [-0.2, -0.15) is 0 Å². The normalized spacial score (nSPS) is 14.0. The molecule has 5 nitrogen and oxygen atoms in total. The maximum atomic E-state index is 10.4. The summed E-state index contributed by atoms with van der Waals surface area (Å²) in [4.78, 5) is 10.4. The first-order valence-electron chi connectivity index (χ1n) is 5.54. The molecule has 5 N–H and O–H groups in total. The third-order valence-corrected chi connectivity index (χ3v) is 2.47. The quantitative estimate of drug-likeness (QED) is 0.531. The Morgan fingerprint density at radius 2 is 2.00 bits per heavy atom. The number of primary amides is 1. The van der Waals surface area contributed by atoms with E-state index in [-0.39, 0.29) is 0 Å². The number of hydrogen-bond acceptors (Lipinski definition) is 3. The van der Waals surface area contributed by atoms with Crippen molar-refractivity contribution in [1.82, 2.24) is 10.6 Å². The Bertz CT molecular complexity index is 352. The van der Waals surface area contributed by atoms with Gasteiger partial charge in [0.05, 0.1) is 5.60 Å². The SMILES string of the molecule is CC(O)(CNCCNC(N)=O)c1ccccc1. The van der Waals surface area contributed by atoms with Crippen LogP contribution < -0.4 is 16.4 Å². The summed E-state index contributed by atoms with van der Waals surface area (Å²) in [5, 5.41) is 15.7. The van der Waals surface area contributed by atoms with E-state index in [1.807, 2.05) is 30.3 Å². The Kier molecular flexibility index (Phi) is 4.93. The van der Waals surface area contributed by atoms with E-state index in [4.69, 9.17) is 5.73 Å². The average molecular weight is 237 g/mol. The van der Waals surface area contributed by atoms with E-state index in [1.54, 1.807) is 6.92 Å². The molecule has 0 radical (unpaired) electrons. The first kappa shape index (κ1) is 13.5. The highest BCUT2D eigenvalue weighted by Gasteiger charge is 2.21. The summed E-state index contributed by atoms with van der Waals surface area (Å²) in [5.74, 6) is 0. The van der Waals surface area contributed by atoms with Crippen LogP contribution in [0.4, 0.5) is 4.79 Å². The van der Waals surface area contributed by atoms with E-state index >= 15 is 0 Å². The molecule has 1 rings (SSSR count). The number of nitrogens with one attached hydrogen (secondary N) is 2. The molecule has 2 amide bonds. The minimum Gasteiger partial charge on any atom is -0.384 e. The van der Waals surface area contributed by atoms with Gasteiger partial charge in [0.1, 0.15) is 0 Å². The van der Waals surface area contributed by atoms with E-state index in [9.17, 15) is 9.90 Å². The van der Waals surface area contributed by atoms with Gasteiger partial charge in [-0.15, -0.1) is 0 Å². The standard InChI is InChI=1S/C12H19N3O2/c1-12(17,10-5-3-2-4-6-10)9-14-7-8-15-11(13)16/h2-6,14,17H,7-9H2,1H3,(H3,13,15,16). The number of carbonyl (C=O) groups excluding carboxylic acids is 1. The number of carbonyl (C=O) groups is 1. The average Bonchev–Trinajstić information content (AvgIpc) is 2.29. The molecule has 1 aromatic rings. The van der Waals surface area contributed by atoms with Gasteiger partial charge in [0.15, 0.2) is 0 Å². The number of nitrogens with two attached hydrogens (primary N) is 1. The number of urea groups is 1. The lowest BCUT2D eigenvalue weighted by Gasteiger charge is -2.24. The van der Waals surface area contributed by atoms with E-state index in [2.05, 4.69) is 10.6 Å². The highest BCUT2D eigenvalue weighted by Crippen LogP contribution is 2.18. The third-order valence-electron chi connectivity index (χ3n) is 2.47. The van der Waals surface area contributed by atoms with E-state index in [0.717, 1.165) is 5.56 Å². The monoisotopic (exact) mass is 237 g/mol. The molecule has 0 saturated carbocycles. The van der Waals surface area contributed by atoms with Gasteiger partial charge >= 0.3 is 6.03 Å². The molecule has 94 valence electrons. The van der Waals surface area contributed by atoms with Crippen molar-refractivity contribution in [2.75, 3.05) is 19.6 Å². The lowest BCUT2D eigenvalue weighted by atomic mass is 9.96. The molecule has 0 aliphatic rings. The van der Waals surface area contributed by atoms with Crippen LogP contribution in [0.25, 0.3) is 0 Å². The van der Waals surface area contributed by atoms with Crippen molar-refractivity contribution >= 4 is 6.03 Å². The fourth-order valence-electron chi connectivity index (χ4n) is 1.51. The second-order valence-corrected chi connectivity index (χ2v) is 4.11. The van der Waals surface area contributed by atoms with Crippen molar-refractivity contribution in [2.24, 2.45) is 5.73 Å². The fourth-order valence-corrected chi connectivity index (χ4v) is 1.51. The number of hydrogen-bond donors (Lipinski definition) is 4. The first-order valence-corrected chi connectivity index (χ1v) is 5.54. The molecule has 0 heterocycles. The molecule has 0 saturated heterocycles. The molecular formula is C12H19N3O2. The molecule has 0 aliphatic heterocycles. The van der Waals surface area contributed by atoms with Crippen LogP contribution >= 0.6 is 0 Å². The molecule has 0 fully saturated rings. The maximum Gasteiger partial charge on any atom is 0.312 e. The van der Waals surface area contributed by atoms with Crippen LogP contribution in [-0.4, -0.2) is 30.8 Å². The topological polar surface area (TPSA) is 87.4 Å². The van der Waals surface area contributed by atoms with Crippen molar-refractivity contribution in [3.05, 3.63) is 35.9 Å². The zero-order chi connectivity index (χ0) is 12.7. The van der Waals surface area contributed by atoms with Crippen LogP contribution in [-0.2, 0) is 5.60 Å². The van der Waals surface area contributed by atoms with Gasteiger partial charge in [-0.25, -0.2) is 4.79 Å². The summed E-state index contributed by atoms with van der Waals surface area (Å²) in [6.45, 7) is 3.17. The van der Waals surface area contributed by atoms with Crippen LogP contribution in [0.2, 0.25) is 0 Å². The largest absolute Gasteiger partial charge is 0.384 e. The van der Waals surface area contributed by atoms with Gasteiger partial charge in [-0.1, -0.05) is 30.3 Å². The summed E-state index contributed by atoms with van der Waals surface area (Å²) in [5.41, 5.74) is 4.86. The van der Waals surface area contributed by atoms with Crippen LogP contribution in [0.15, 0.2) is 30.3 Å². The van der Waals surface area contributed by atoms with E-state index in [0.29, 0.717) is 19.6 Å². The lowest BCUT2D eigenvalue weighted by Crippen LogP contribution is -2.40. The Labute approximate surface area is 101 Å². The molecular weight excluding hydrogens is 218 g/mol. The highest BCUT2D eigenvalue weighted by molar-refractivity contribution is 5.71. The second-order valence-electron chi connectivity index (χ2n) is 4.11. The zero-order valence-electron chi connectivity index (χ0n) is 9.94. The lowest BCUT2D eigenvalue weighted by molar-refractivity contribution is 0.0573. The maximum absolute atomic E-state index is 10.4. The molecule has 0 aliphatic carbocycles. The van der Waals surface area contributed by atoms with Gasteiger partial charge in [-0.05, 0) is 12.5 Å². The smallest absolute Gasteiger partial charge is 0.312 e. The summed E-state index contributed by atoms with van der Waals surface area (Å²) in [6, 6.07) is 8.90. The molecule has 1 atom stereocenters. The molecule has 0 aromatic heterocycles. The van der Waals surface area contributed by atoms with Gasteiger partial charge in [0, 0.05) is 19.6 Å². The van der Waals surface area contributed by atoms with Crippen molar-refractivity contribution in [3.63, 3.8) is 0 Å². The van der Waals surface area contributed by atoms with Gasteiger partial charge in [0.2, 0.25) is 0 Å². The van der Waals surface area contributed by atoms with Crippen molar-refractivity contribution in [2.45, 2.75) is 12.5 Å². The molecule has 5 heteroatoms. The van der Waals surface area contributed by atoms with Crippen LogP contribution in [0.3, 0.4) is 0 Å². The van der Waals surface area contributed by atoms with Gasteiger partial charge in [0.25, 0.3) is 0 Å². The Morgan fingerprint density at radius 3 is 2.59 bits per heavy atom. The van der Waals surface area contributed by atoms with Gasteiger partial charge in [-0.3, -0.25) is 0 Å². The van der Waals surface area contributed by atoms with Crippen LogP contribution in [0.5, 0.6) is 0 Å². The van der Waals surface area contributed by atoms with Crippen LogP contribution in [0, 0.1) is 0 Å². The summed E-state index contributed by atoms with van der Waals surface area (Å²) >= 11 is 0. The summed E-state index contributed by atoms with van der Waals surface area (Å²) < 4.78 is 0. The first-order chi connectivity index (χ1) is 8.02. The minimum absolute atomic E-state index is 0.414. The van der Waals surface area contributed by atoms with Crippen molar-refractivity contribution in [1.29, 1.82) is 0 Å². The number of rotatable bonds is 6. The predicted molar refractivity (Wildman–Crippen MR) is 66.5 cm³/mol. The van der Waals surface area contributed by atoms with Crippen molar-refractivity contribution in [3.8, 4) is 0 Å². The molecule has 0 spiro atoms. The number of aliphatic hydroxyl groups is 1. The second kappa shape index (κ2) is 6.22. The summed E-state index contributed by atoms with van der Waals surface area (Å²) in [6.07, 6.45) is 0. The summed E-state index contributed by atoms with van der Waals surface area (Å²) in [7, 11) is 0. The van der Waals surface area contributed by atoms with E-state index < -0.39 is 11.6 Å². The molecule has 1 unspecified atom stereocenters. The third kappa shape index (κ3) is 4.84. The molecule has 1 aromatic carbocycles. The predicted octanol–water partition coefficient (Wildman–Crippen LogP) is 0.152. The number of amides is 2. The zero-order valence-corrected chi connectivity index (χ0v) is 9.94. The molecule has 0 bridgehead atoms.